The van der Waals surface area contributed by atoms with E-state index in [1.54, 1.807) is 0 Å². The quantitative estimate of drug-likeness (QED) is 0.641. The highest BCUT2D eigenvalue weighted by Crippen LogP contribution is 2.64. The van der Waals surface area contributed by atoms with E-state index < -0.39 is 12.2 Å². The molecular formula is C20H28N2O2. The van der Waals surface area contributed by atoms with Crippen molar-refractivity contribution in [2.24, 2.45) is 34.5 Å². The highest BCUT2D eigenvalue weighted by atomic mass is 16.3. The minimum Gasteiger partial charge on any atom is -0.390 e. The van der Waals surface area contributed by atoms with Crippen molar-refractivity contribution < 1.29 is 10.2 Å². The van der Waals surface area contributed by atoms with Gasteiger partial charge in [-0.25, -0.2) is 0 Å². The van der Waals surface area contributed by atoms with Gasteiger partial charge < -0.3 is 10.2 Å². The van der Waals surface area contributed by atoms with Gasteiger partial charge in [-0.3, -0.25) is 5.10 Å². The molecule has 2 fully saturated rings. The zero-order valence-corrected chi connectivity index (χ0v) is 14.6. The van der Waals surface area contributed by atoms with E-state index in [2.05, 4.69) is 36.2 Å². The number of nitrogens with one attached hydrogen (secondary N) is 1. The van der Waals surface area contributed by atoms with E-state index >= 15 is 0 Å². The molecule has 4 heteroatoms. The third-order valence-corrected chi connectivity index (χ3v) is 8.31. The maximum atomic E-state index is 11.1. The minimum absolute atomic E-state index is 0.0596. The number of hydrogen-bond donors (Lipinski definition) is 3. The van der Waals surface area contributed by atoms with Crippen LogP contribution in [0.15, 0.2) is 18.3 Å². The van der Waals surface area contributed by atoms with E-state index in [0.29, 0.717) is 11.8 Å². The molecule has 24 heavy (non-hydrogen) atoms. The second-order valence-corrected chi connectivity index (χ2v) is 9.32. The number of allylic oxidation sites excluding steroid dienone is 2. The van der Waals surface area contributed by atoms with Crippen LogP contribution in [0.4, 0.5) is 0 Å². The van der Waals surface area contributed by atoms with Crippen molar-refractivity contribution in [1.29, 1.82) is 0 Å². The van der Waals surface area contributed by atoms with E-state index in [1.807, 2.05) is 6.20 Å². The zero-order valence-electron chi connectivity index (χ0n) is 14.6. The van der Waals surface area contributed by atoms with Crippen LogP contribution in [0.5, 0.6) is 0 Å². The summed E-state index contributed by atoms with van der Waals surface area (Å²) >= 11 is 0. The van der Waals surface area contributed by atoms with Crippen LogP contribution in [-0.4, -0.2) is 32.6 Å². The monoisotopic (exact) mass is 328 g/mol. The first kappa shape index (κ1) is 15.2. The van der Waals surface area contributed by atoms with Crippen LogP contribution >= 0.6 is 0 Å². The average Bonchev–Trinajstić information content (AvgIpc) is 3.15. The summed E-state index contributed by atoms with van der Waals surface area (Å²) in [6.07, 6.45) is 10.6. The molecule has 0 radical (unpaired) electrons. The Balaban J connectivity index is 1.59. The van der Waals surface area contributed by atoms with Crippen molar-refractivity contribution in [2.45, 2.75) is 58.2 Å². The van der Waals surface area contributed by atoms with Crippen LogP contribution in [0.3, 0.4) is 0 Å². The van der Waals surface area contributed by atoms with Crippen LogP contribution in [0.25, 0.3) is 0 Å². The molecule has 130 valence electrons. The van der Waals surface area contributed by atoms with Crippen LogP contribution in [-0.2, 0) is 12.8 Å². The van der Waals surface area contributed by atoms with Crippen LogP contribution in [0.2, 0.25) is 0 Å². The number of aromatic nitrogens is 2. The lowest BCUT2D eigenvalue weighted by molar-refractivity contribution is -0.201. The molecule has 5 rings (SSSR count). The molecule has 1 aromatic rings. The van der Waals surface area contributed by atoms with Gasteiger partial charge in [0, 0.05) is 5.69 Å². The van der Waals surface area contributed by atoms with E-state index in [0.717, 1.165) is 31.4 Å². The fourth-order valence-electron chi connectivity index (χ4n) is 6.97. The molecule has 4 aliphatic carbocycles. The second-order valence-electron chi connectivity index (χ2n) is 9.32. The maximum absolute atomic E-state index is 11.1. The molecule has 1 aromatic heterocycles. The van der Waals surface area contributed by atoms with E-state index in [1.165, 1.54) is 12.0 Å². The van der Waals surface area contributed by atoms with Crippen molar-refractivity contribution in [3.63, 3.8) is 0 Å². The predicted molar refractivity (Wildman–Crippen MR) is 91.2 cm³/mol. The summed E-state index contributed by atoms with van der Waals surface area (Å²) in [7, 11) is 0. The number of hydrogen-bond acceptors (Lipinski definition) is 3. The molecule has 2 saturated carbocycles. The predicted octanol–water partition coefficient (Wildman–Crippen LogP) is 2.47. The zero-order chi connectivity index (χ0) is 16.7. The third-order valence-electron chi connectivity index (χ3n) is 8.31. The number of fused-ring (bicyclic) bond motifs is 6. The maximum Gasteiger partial charge on any atom is 0.0839 e. The Kier molecular flexibility index (Phi) is 2.99. The van der Waals surface area contributed by atoms with Crippen molar-refractivity contribution in [2.75, 3.05) is 0 Å². The number of aliphatic hydroxyl groups is 2. The molecule has 0 bridgehead atoms. The summed E-state index contributed by atoms with van der Waals surface area (Å²) in [4.78, 5) is 0. The highest BCUT2D eigenvalue weighted by molar-refractivity contribution is 5.28. The van der Waals surface area contributed by atoms with E-state index in [9.17, 15) is 10.2 Å². The first-order valence-corrected chi connectivity index (χ1v) is 9.49. The fraction of sp³-hybridized carbons (Fsp3) is 0.750. The molecule has 4 aliphatic rings. The fourth-order valence-corrected chi connectivity index (χ4v) is 6.97. The van der Waals surface area contributed by atoms with Gasteiger partial charge in [0.15, 0.2) is 0 Å². The van der Waals surface area contributed by atoms with Gasteiger partial charge in [-0.15, -0.1) is 0 Å². The van der Waals surface area contributed by atoms with E-state index in [4.69, 9.17) is 0 Å². The molecule has 0 unspecified atom stereocenters. The molecule has 0 spiro atoms. The van der Waals surface area contributed by atoms with Crippen LogP contribution < -0.4 is 0 Å². The largest absolute Gasteiger partial charge is 0.390 e. The molecule has 0 aromatic carbocycles. The molecule has 0 saturated heterocycles. The number of aromatic amines is 1. The number of nitrogens with zero attached hydrogens (tertiary/aromatic N) is 1. The summed E-state index contributed by atoms with van der Waals surface area (Å²) in [5.74, 6) is 1.30. The Morgan fingerprint density at radius 1 is 1.17 bits per heavy atom. The summed E-state index contributed by atoms with van der Waals surface area (Å²) in [6, 6.07) is 0. The average molecular weight is 328 g/mol. The van der Waals surface area contributed by atoms with Crippen LogP contribution in [0, 0.1) is 34.5 Å². The molecule has 1 heterocycles. The normalized spacial score (nSPS) is 52.3. The Labute approximate surface area is 143 Å². The summed E-state index contributed by atoms with van der Waals surface area (Å²) in [6.45, 7) is 4.71. The second kappa shape index (κ2) is 4.73. The van der Waals surface area contributed by atoms with Crippen LogP contribution in [0.1, 0.15) is 44.4 Å². The lowest BCUT2D eigenvalue weighted by atomic mass is 9.44. The number of H-pyrrole nitrogens is 1. The standard InChI is InChI=1S/C20H28N2O2/c1-19-6-3-4-12(19)16-13(5-7-19)20(2)9-11-10-21-22-15(11)8-14(20)17(23)18(16)24/h3,6,10,12-14,16-18,23-24H,4-5,7-9H2,1-2H3,(H,21,22)/t12-,13-,14+,16-,17+,18+,19-,20+/m0/s1. The van der Waals surface area contributed by atoms with Crippen molar-refractivity contribution in [3.8, 4) is 0 Å². The number of rotatable bonds is 0. The molecule has 3 N–H and O–H groups in total. The molecule has 8 atom stereocenters. The van der Waals surface area contributed by atoms with E-state index in [-0.39, 0.29) is 22.7 Å². The Bertz CT molecular complexity index is 698. The van der Waals surface area contributed by atoms with Gasteiger partial charge in [-0.1, -0.05) is 26.0 Å². The lowest BCUT2D eigenvalue weighted by Gasteiger charge is -2.62. The SMILES string of the molecule is C[C@]12Cc3cn[nH]c3C[C@@H]1[C@@H](O)[C@H](O)[C@@H]1[C@@H]2CC[C@]2(C)C=CC[C@@H]12. The first-order chi connectivity index (χ1) is 11.4. The Hall–Kier alpha value is -1.13. The third kappa shape index (κ3) is 1.74. The summed E-state index contributed by atoms with van der Waals surface area (Å²) in [5, 5.41) is 29.5. The molecule has 0 amide bonds. The smallest absolute Gasteiger partial charge is 0.0839 e. The summed E-state index contributed by atoms with van der Waals surface area (Å²) < 4.78 is 0. The van der Waals surface area contributed by atoms with Gasteiger partial charge in [0.05, 0.1) is 18.4 Å². The van der Waals surface area contributed by atoms with Gasteiger partial charge in [0.25, 0.3) is 0 Å². The Morgan fingerprint density at radius 3 is 2.83 bits per heavy atom. The summed E-state index contributed by atoms with van der Waals surface area (Å²) in [5.41, 5.74) is 2.74. The molecular weight excluding hydrogens is 300 g/mol. The van der Waals surface area contributed by atoms with Gasteiger partial charge >= 0.3 is 0 Å². The number of aliphatic hydroxyl groups excluding tert-OH is 2. The highest BCUT2D eigenvalue weighted by Gasteiger charge is 2.62. The van der Waals surface area contributed by atoms with Crippen molar-refractivity contribution in [1.82, 2.24) is 10.2 Å². The lowest BCUT2D eigenvalue weighted by Crippen LogP contribution is -2.64. The van der Waals surface area contributed by atoms with Gasteiger partial charge in [0.2, 0.25) is 0 Å². The van der Waals surface area contributed by atoms with Crippen molar-refractivity contribution in [3.05, 3.63) is 29.6 Å². The topological polar surface area (TPSA) is 69.1 Å². The van der Waals surface area contributed by atoms with Gasteiger partial charge in [-0.05, 0) is 72.2 Å². The van der Waals surface area contributed by atoms with Crippen molar-refractivity contribution >= 4 is 0 Å². The Morgan fingerprint density at radius 2 is 2.00 bits per heavy atom. The molecule has 4 nitrogen and oxygen atoms in total. The van der Waals surface area contributed by atoms with Gasteiger partial charge in [0.1, 0.15) is 0 Å². The minimum atomic E-state index is -0.629. The first-order valence-electron chi connectivity index (χ1n) is 9.49. The van der Waals surface area contributed by atoms with Gasteiger partial charge in [-0.2, -0.15) is 5.10 Å². The molecule has 0 aliphatic heterocycles.